The summed E-state index contributed by atoms with van der Waals surface area (Å²) in [5.41, 5.74) is 4.68. The van der Waals surface area contributed by atoms with Crippen LogP contribution in [-0.4, -0.2) is 5.78 Å². The first-order valence-electron chi connectivity index (χ1n) is 9.99. The number of Topliss-reactive ketones (excluding diaryl/α,β-unsaturated/α-hetero) is 1. The van der Waals surface area contributed by atoms with Crippen molar-refractivity contribution in [3.63, 3.8) is 0 Å². The zero-order valence-electron chi connectivity index (χ0n) is 17.0. The van der Waals surface area contributed by atoms with Crippen LogP contribution in [0, 0.1) is 13.8 Å². The molecule has 4 aromatic carbocycles. The van der Waals surface area contributed by atoms with Crippen molar-refractivity contribution in [3.8, 4) is 0 Å². The lowest BCUT2D eigenvalue weighted by Gasteiger charge is -2.23. The third kappa shape index (κ3) is 3.01. The first-order chi connectivity index (χ1) is 13.5. The molecular weight excluding hydrogens is 340 g/mol. The molecule has 0 aliphatic rings. The fourth-order valence-electron chi connectivity index (χ4n) is 4.62. The minimum Gasteiger partial charge on any atom is -0.298 e. The van der Waals surface area contributed by atoms with Gasteiger partial charge in [-0.3, -0.25) is 4.79 Å². The molecule has 0 aliphatic carbocycles. The Kier molecular flexibility index (Phi) is 4.77. The lowest BCUT2D eigenvalue weighted by molar-refractivity contribution is -0.121. The van der Waals surface area contributed by atoms with Crippen molar-refractivity contribution >= 4 is 27.3 Å². The highest BCUT2D eigenvalue weighted by Gasteiger charge is 2.27. The maximum absolute atomic E-state index is 13.6. The van der Waals surface area contributed by atoms with Gasteiger partial charge in [0.1, 0.15) is 5.78 Å². The number of carbonyl (C=O) groups excluding carboxylic acids is 1. The Hall–Kier alpha value is -2.93. The minimum absolute atomic E-state index is 0.153. The second-order valence-electron chi connectivity index (χ2n) is 7.88. The van der Waals surface area contributed by atoms with Gasteiger partial charge in [-0.2, -0.15) is 0 Å². The number of rotatable bonds is 4. The summed E-state index contributed by atoms with van der Waals surface area (Å²) in [6, 6.07) is 25.3. The van der Waals surface area contributed by atoms with Gasteiger partial charge in [0.2, 0.25) is 0 Å². The fraction of sp³-hybridized carbons (Fsp3) is 0.222. The fourth-order valence-corrected chi connectivity index (χ4v) is 4.62. The maximum Gasteiger partial charge on any atom is 0.147 e. The quantitative estimate of drug-likeness (QED) is 0.377. The Morgan fingerprint density at radius 1 is 0.607 bits per heavy atom. The van der Waals surface area contributed by atoms with Crippen molar-refractivity contribution in [2.45, 2.75) is 39.5 Å². The van der Waals surface area contributed by atoms with Gasteiger partial charge < -0.3 is 0 Å². The van der Waals surface area contributed by atoms with Crippen molar-refractivity contribution in [3.05, 3.63) is 95.1 Å². The largest absolute Gasteiger partial charge is 0.298 e. The minimum atomic E-state index is -0.153. The van der Waals surface area contributed by atoms with Crippen LogP contribution in [0.25, 0.3) is 21.5 Å². The lowest BCUT2D eigenvalue weighted by Crippen LogP contribution is -2.18. The lowest BCUT2D eigenvalue weighted by atomic mass is 9.80. The van der Waals surface area contributed by atoms with E-state index in [1.165, 1.54) is 32.7 Å². The summed E-state index contributed by atoms with van der Waals surface area (Å²) in [5.74, 6) is -0.0298. The Labute approximate surface area is 167 Å². The molecule has 2 unspecified atom stereocenters. The van der Waals surface area contributed by atoms with E-state index in [2.05, 4.69) is 100 Å². The Morgan fingerprint density at radius 3 is 1.43 bits per heavy atom. The van der Waals surface area contributed by atoms with Crippen LogP contribution >= 0.6 is 0 Å². The van der Waals surface area contributed by atoms with E-state index >= 15 is 0 Å². The van der Waals surface area contributed by atoms with Crippen LogP contribution in [-0.2, 0) is 4.79 Å². The van der Waals surface area contributed by atoms with Crippen LogP contribution in [0.5, 0.6) is 0 Å². The molecule has 0 aliphatic heterocycles. The molecule has 0 N–H and O–H groups in total. The average Bonchev–Trinajstić information content (AvgIpc) is 2.72. The normalized spacial score (nSPS) is 13.6. The molecule has 1 nitrogen and oxygen atoms in total. The van der Waals surface area contributed by atoms with Crippen LogP contribution in [0.1, 0.15) is 47.9 Å². The number of hydrogen-bond acceptors (Lipinski definition) is 1. The second kappa shape index (κ2) is 7.24. The monoisotopic (exact) mass is 366 g/mol. The molecule has 0 bridgehead atoms. The predicted octanol–water partition coefficient (Wildman–Crippen LogP) is 7.09. The van der Waals surface area contributed by atoms with Crippen LogP contribution in [0.2, 0.25) is 0 Å². The SMILES string of the molecule is Cc1ccc2ccccc2c1C(C)C(=O)C(C)c1c(C)ccc2ccccc12. The number of ketones is 1. The summed E-state index contributed by atoms with van der Waals surface area (Å²) in [6.45, 7) is 8.35. The summed E-state index contributed by atoms with van der Waals surface area (Å²) < 4.78 is 0. The highest BCUT2D eigenvalue weighted by atomic mass is 16.1. The number of aryl methyl sites for hydroxylation is 2. The summed E-state index contributed by atoms with van der Waals surface area (Å²) in [5, 5.41) is 4.75. The standard InChI is InChI=1S/C27H26O/c1-17-13-15-21-9-5-7-11-23(21)25(17)19(3)27(28)20(4)26-18(2)14-16-22-10-6-8-12-24(22)26/h5-16,19-20H,1-4H3. The molecular formula is C27H26O. The molecule has 28 heavy (non-hydrogen) atoms. The van der Waals surface area contributed by atoms with E-state index in [4.69, 9.17) is 0 Å². The van der Waals surface area contributed by atoms with Crippen LogP contribution < -0.4 is 0 Å². The molecule has 0 aromatic heterocycles. The number of hydrogen-bond donors (Lipinski definition) is 0. The van der Waals surface area contributed by atoms with E-state index in [0.29, 0.717) is 0 Å². The highest BCUT2D eigenvalue weighted by molar-refractivity contribution is 6.00. The molecule has 0 saturated carbocycles. The molecule has 4 aromatic rings. The summed E-state index contributed by atoms with van der Waals surface area (Å²) in [7, 11) is 0. The third-order valence-corrected chi connectivity index (χ3v) is 6.10. The van der Waals surface area contributed by atoms with Crippen molar-refractivity contribution < 1.29 is 4.79 Å². The Morgan fingerprint density at radius 2 is 1.00 bits per heavy atom. The zero-order chi connectivity index (χ0) is 19.8. The van der Waals surface area contributed by atoms with Gasteiger partial charge in [0.15, 0.2) is 0 Å². The molecule has 0 radical (unpaired) electrons. The van der Waals surface area contributed by atoms with Gasteiger partial charge in [-0.25, -0.2) is 0 Å². The van der Waals surface area contributed by atoms with Crippen molar-refractivity contribution in [1.29, 1.82) is 0 Å². The van der Waals surface area contributed by atoms with Gasteiger partial charge in [-0.15, -0.1) is 0 Å². The van der Waals surface area contributed by atoms with Crippen LogP contribution in [0.15, 0.2) is 72.8 Å². The molecule has 0 heterocycles. The van der Waals surface area contributed by atoms with Crippen molar-refractivity contribution in [1.82, 2.24) is 0 Å². The Bertz CT molecular complexity index is 1090. The molecule has 1 heteroatoms. The Balaban J connectivity index is 1.81. The van der Waals surface area contributed by atoms with Gasteiger partial charge >= 0.3 is 0 Å². The maximum atomic E-state index is 13.6. The molecule has 0 spiro atoms. The highest BCUT2D eigenvalue weighted by Crippen LogP contribution is 2.36. The second-order valence-corrected chi connectivity index (χ2v) is 7.88. The van der Waals surface area contributed by atoms with E-state index in [-0.39, 0.29) is 17.6 Å². The van der Waals surface area contributed by atoms with Crippen molar-refractivity contribution in [2.24, 2.45) is 0 Å². The summed E-state index contributed by atoms with van der Waals surface area (Å²) in [4.78, 5) is 13.6. The van der Waals surface area contributed by atoms with Gasteiger partial charge in [0.25, 0.3) is 0 Å². The molecule has 0 amide bonds. The third-order valence-electron chi connectivity index (χ3n) is 6.10. The van der Waals surface area contributed by atoms with Gasteiger partial charge in [-0.05, 0) is 57.6 Å². The van der Waals surface area contributed by atoms with Gasteiger partial charge in [0.05, 0.1) is 0 Å². The molecule has 140 valence electrons. The van der Waals surface area contributed by atoms with E-state index < -0.39 is 0 Å². The van der Waals surface area contributed by atoms with E-state index in [0.717, 1.165) is 11.1 Å². The predicted molar refractivity (Wildman–Crippen MR) is 119 cm³/mol. The molecule has 0 saturated heterocycles. The first kappa shape index (κ1) is 18.4. The van der Waals surface area contributed by atoms with Gasteiger partial charge in [-0.1, -0.05) is 86.6 Å². The van der Waals surface area contributed by atoms with Gasteiger partial charge in [0, 0.05) is 11.8 Å². The van der Waals surface area contributed by atoms with Crippen LogP contribution in [0.3, 0.4) is 0 Å². The molecule has 2 atom stereocenters. The smallest absolute Gasteiger partial charge is 0.147 e. The topological polar surface area (TPSA) is 17.1 Å². The molecule has 4 rings (SSSR count). The average molecular weight is 367 g/mol. The summed E-state index contributed by atoms with van der Waals surface area (Å²) >= 11 is 0. The van der Waals surface area contributed by atoms with Crippen LogP contribution in [0.4, 0.5) is 0 Å². The zero-order valence-corrected chi connectivity index (χ0v) is 17.0. The molecule has 0 fully saturated rings. The summed E-state index contributed by atoms with van der Waals surface area (Å²) in [6.07, 6.45) is 0. The number of fused-ring (bicyclic) bond motifs is 2. The first-order valence-corrected chi connectivity index (χ1v) is 9.99. The number of carbonyl (C=O) groups is 1. The van der Waals surface area contributed by atoms with E-state index in [9.17, 15) is 4.79 Å². The number of benzene rings is 4. The van der Waals surface area contributed by atoms with E-state index in [1.807, 2.05) is 0 Å². The van der Waals surface area contributed by atoms with E-state index in [1.54, 1.807) is 0 Å². The van der Waals surface area contributed by atoms with Crippen molar-refractivity contribution in [2.75, 3.05) is 0 Å².